The van der Waals surface area contributed by atoms with E-state index in [4.69, 9.17) is 5.73 Å². The van der Waals surface area contributed by atoms with E-state index in [0.29, 0.717) is 19.1 Å². The van der Waals surface area contributed by atoms with Crippen LogP contribution in [0.2, 0.25) is 0 Å². The summed E-state index contributed by atoms with van der Waals surface area (Å²) in [6.45, 7) is 0.921. The lowest BCUT2D eigenvalue weighted by atomic mass is 10.2. The molecule has 0 saturated heterocycles. The van der Waals surface area contributed by atoms with Gasteiger partial charge >= 0.3 is 0 Å². The highest BCUT2D eigenvalue weighted by molar-refractivity contribution is 5.75. The van der Waals surface area contributed by atoms with Gasteiger partial charge in [0, 0.05) is 19.6 Å². The average molecular weight is 263 g/mol. The van der Waals surface area contributed by atoms with Crippen LogP contribution in [-0.2, 0) is 11.3 Å². The predicted octanol–water partition coefficient (Wildman–Crippen LogP) is 0.748. The predicted molar refractivity (Wildman–Crippen MR) is 73.4 cm³/mol. The van der Waals surface area contributed by atoms with Crippen LogP contribution in [0.25, 0.3) is 0 Å². The van der Waals surface area contributed by atoms with Crippen LogP contribution in [0.15, 0.2) is 12.4 Å². The fraction of sp³-hybridized carbons (Fsp3) is 0.615. The molecule has 0 aromatic carbocycles. The van der Waals surface area contributed by atoms with Gasteiger partial charge in [-0.05, 0) is 12.8 Å². The van der Waals surface area contributed by atoms with Gasteiger partial charge in [-0.2, -0.15) is 0 Å². The van der Waals surface area contributed by atoms with Crippen LogP contribution in [-0.4, -0.2) is 40.4 Å². The molecule has 1 aliphatic rings. The Morgan fingerprint density at radius 1 is 1.42 bits per heavy atom. The molecule has 1 aliphatic carbocycles. The maximum Gasteiger partial charge on any atom is 0.231 e. The molecule has 1 heterocycles. The minimum absolute atomic E-state index is 0.285. The lowest BCUT2D eigenvalue weighted by Crippen LogP contribution is -2.39. The number of hydrogen-bond donors (Lipinski definition) is 2. The number of hydrogen-bond acceptors (Lipinski definition) is 5. The van der Waals surface area contributed by atoms with Crippen molar-refractivity contribution in [3.05, 3.63) is 18.1 Å². The smallest absolute Gasteiger partial charge is 0.231 e. The Morgan fingerprint density at radius 3 is 2.68 bits per heavy atom. The molecule has 0 atom stereocenters. The van der Waals surface area contributed by atoms with Gasteiger partial charge in [0.2, 0.25) is 5.91 Å². The van der Waals surface area contributed by atoms with E-state index in [2.05, 4.69) is 20.2 Å². The molecule has 104 valence electrons. The number of nitrogens with two attached hydrogens (primary N) is 1. The van der Waals surface area contributed by atoms with Crippen molar-refractivity contribution in [2.45, 2.75) is 38.3 Å². The highest BCUT2D eigenvalue weighted by Gasteiger charge is 2.24. The molecule has 0 radical (unpaired) electrons. The molecular formula is C13H21N5O. The van der Waals surface area contributed by atoms with Gasteiger partial charge in [-0.1, -0.05) is 12.8 Å². The number of amides is 1. The van der Waals surface area contributed by atoms with Crippen LogP contribution < -0.4 is 11.1 Å². The topological polar surface area (TPSA) is 84.1 Å². The summed E-state index contributed by atoms with van der Waals surface area (Å²) in [5, 5.41) is 2.93. The normalized spacial score (nSPS) is 15.9. The number of carbonyl (C=O) groups excluding carboxylic acids is 1. The van der Waals surface area contributed by atoms with Crippen molar-refractivity contribution in [1.29, 1.82) is 0 Å². The number of carbonyl (C=O) groups is 1. The first-order valence-corrected chi connectivity index (χ1v) is 6.70. The summed E-state index contributed by atoms with van der Waals surface area (Å²) in [4.78, 5) is 21.9. The molecule has 0 unspecified atom stereocenters. The summed E-state index contributed by atoms with van der Waals surface area (Å²) >= 11 is 0. The maximum atomic E-state index is 11.2. The van der Waals surface area contributed by atoms with Crippen molar-refractivity contribution < 1.29 is 4.79 Å². The van der Waals surface area contributed by atoms with Gasteiger partial charge in [0.05, 0.1) is 24.6 Å². The number of primary amides is 1. The van der Waals surface area contributed by atoms with Gasteiger partial charge in [0.15, 0.2) is 0 Å². The molecule has 2 rings (SSSR count). The molecule has 1 aromatic rings. The van der Waals surface area contributed by atoms with E-state index >= 15 is 0 Å². The van der Waals surface area contributed by atoms with E-state index < -0.39 is 0 Å². The van der Waals surface area contributed by atoms with Crippen molar-refractivity contribution in [2.75, 3.05) is 18.9 Å². The Balaban J connectivity index is 2.03. The highest BCUT2D eigenvalue weighted by Crippen LogP contribution is 2.24. The van der Waals surface area contributed by atoms with Gasteiger partial charge < -0.3 is 11.1 Å². The first-order valence-electron chi connectivity index (χ1n) is 6.70. The van der Waals surface area contributed by atoms with E-state index in [9.17, 15) is 4.79 Å². The molecule has 1 saturated carbocycles. The van der Waals surface area contributed by atoms with Crippen LogP contribution >= 0.6 is 0 Å². The quantitative estimate of drug-likeness (QED) is 0.791. The van der Waals surface area contributed by atoms with Crippen molar-refractivity contribution in [3.8, 4) is 0 Å². The van der Waals surface area contributed by atoms with Crippen molar-refractivity contribution >= 4 is 11.7 Å². The SMILES string of the molecule is CNc1cnc(CN(CC(N)=O)C2CCCC2)cn1. The van der Waals surface area contributed by atoms with Crippen molar-refractivity contribution in [3.63, 3.8) is 0 Å². The molecule has 6 nitrogen and oxygen atoms in total. The van der Waals surface area contributed by atoms with Crippen molar-refractivity contribution in [2.24, 2.45) is 5.73 Å². The van der Waals surface area contributed by atoms with E-state index in [1.54, 1.807) is 12.4 Å². The average Bonchev–Trinajstić information content (AvgIpc) is 2.92. The van der Waals surface area contributed by atoms with Gasteiger partial charge in [-0.15, -0.1) is 0 Å². The zero-order valence-corrected chi connectivity index (χ0v) is 11.3. The first kappa shape index (κ1) is 13.7. The summed E-state index contributed by atoms with van der Waals surface area (Å²) in [7, 11) is 1.81. The molecule has 1 amide bonds. The Labute approximate surface area is 113 Å². The molecule has 0 aliphatic heterocycles. The van der Waals surface area contributed by atoms with Crippen LogP contribution in [0, 0.1) is 0 Å². The fourth-order valence-electron chi connectivity index (χ4n) is 2.56. The molecule has 1 aromatic heterocycles. The number of rotatable bonds is 6. The third-order valence-corrected chi connectivity index (χ3v) is 3.53. The van der Waals surface area contributed by atoms with E-state index in [-0.39, 0.29) is 5.91 Å². The molecule has 0 bridgehead atoms. The van der Waals surface area contributed by atoms with Crippen LogP contribution in [0.1, 0.15) is 31.4 Å². The monoisotopic (exact) mass is 263 g/mol. The molecule has 3 N–H and O–H groups in total. The summed E-state index contributed by atoms with van der Waals surface area (Å²) in [6.07, 6.45) is 8.17. The van der Waals surface area contributed by atoms with Crippen LogP contribution in [0.4, 0.5) is 5.82 Å². The third kappa shape index (κ3) is 3.89. The molecule has 6 heteroatoms. The molecule has 1 fully saturated rings. The zero-order valence-electron chi connectivity index (χ0n) is 11.3. The Hall–Kier alpha value is -1.69. The fourth-order valence-corrected chi connectivity index (χ4v) is 2.56. The van der Waals surface area contributed by atoms with Crippen LogP contribution in [0.5, 0.6) is 0 Å². The summed E-state index contributed by atoms with van der Waals surface area (Å²) in [6, 6.07) is 0.443. The number of nitrogens with one attached hydrogen (secondary N) is 1. The molecular weight excluding hydrogens is 242 g/mol. The lowest BCUT2D eigenvalue weighted by molar-refractivity contribution is -0.119. The number of aromatic nitrogens is 2. The molecule has 19 heavy (non-hydrogen) atoms. The van der Waals surface area contributed by atoms with E-state index in [0.717, 1.165) is 24.4 Å². The Kier molecular flexibility index (Phi) is 4.68. The minimum atomic E-state index is -0.285. The third-order valence-electron chi connectivity index (χ3n) is 3.53. The largest absolute Gasteiger partial charge is 0.372 e. The Bertz CT molecular complexity index is 414. The second kappa shape index (κ2) is 6.47. The number of nitrogens with zero attached hydrogens (tertiary/aromatic N) is 3. The second-order valence-corrected chi connectivity index (χ2v) is 4.95. The van der Waals surface area contributed by atoms with Gasteiger partial charge in [-0.3, -0.25) is 14.7 Å². The molecule has 0 spiro atoms. The first-order chi connectivity index (χ1) is 9.19. The lowest BCUT2D eigenvalue weighted by Gasteiger charge is -2.26. The second-order valence-electron chi connectivity index (χ2n) is 4.95. The summed E-state index contributed by atoms with van der Waals surface area (Å²) in [5.74, 6) is 0.456. The van der Waals surface area contributed by atoms with Crippen LogP contribution in [0.3, 0.4) is 0 Å². The van der Waals surface area contributed by atoms with Gasteiger partial charge in [-0.25, -0.2) is 4.98 Å². The summed E-state index contributed by atoms with van der Waals surface area (Å²) < 4.78 is 0. The van der Waals surface area contributed by atoms with E-state index in [1.807, 2.05) is 7.05 Å². The zero-order chi connectivity index (χ0) is 13.7. The standard InChI is InChI=1S/C13H21N5O/c1-15-13-7-16-10(6-17-13)8-18(9-12(14)19)11-4-2-3-5-11/h6-7,11H,2-5,8-9H2,1H3,(H2,14,19)(H,15,17). The summed E-state index contributed by atoms with van der Waals surface area (Å²) in [5.41, 5.74) is 6.20. The van der Waals surface area contributed by atoms with Gasteiger partial charge in [0.25, 0.3) is 0 Å². The maximum absolute atomic E-state index is 11.2. The van der Waals surface area contributed by atoms with E-state index in [1.165, 1.54) is 12.8 Å². The highest BCUT2D eigenvalue weighted by atomic mass is 16.1. The van der Waals surface area contributed by atoms with Gasteiger partial charge in [0.1, 0.15) is 5.82 Å². The Morgan fingerprint density at radius 2 is 2.16 bits per heavy atom. The number of anilines is 1. The minimum Gasteiger partial charge on any atom is -0.372 e. The van der Waals surface area contributed by atoms with Crippen molar-refractivity contribution in [1.82, 2.24) is 14.9 Å².